The highest BCUT2D eigenvalue weighted by molar-refractivity contribution is 6.07. The van der Waals surface area contributed by atoms with Gasteiger partial charge in [0, 0.05) is 5.56 Å². The number of urea groups is 1. The lowest BCUT2D eigenvalue weighted by atomic mass is 9.96. The number of ether oxygens (including phenoxy) is 1. The monoisotopic (exact) mass is 336 g/mol. The van der Waals surface area contributed by atoms with Crippen LogP contribution >= 0.6 is 0 Å². The fraction of sp³-hybridized carbons (Fsp3) is 0.529. The van der Waals surface area contributed by atoms with Gasteiger partial charge in [0.2, 0.25) is 0 Å². The van der Waals surface area contributed by atoms with E-state index in [1.807, 2.05) is 0 Å². The van der Waals surface area contributed by atoms with E-state index in [1.54, 1.807) is 25.1 Å². The van der Waals surface area contributed by atoms with E-state index in [0.717, 1.165) is 17.7 Å². The number of benzene rings is 1. The van der Waals surface area contributed by atoms with Crippen molar-refractivity contribution in [2.75, 3.05) is 13.2 Å². The van der Waals surface area contributed by atoms with E-state index in [2.05, 4.69) is 5.32 Å². The average Bonchev–Trinajstić information content (AvgIpc) is 3.36. The van der Waals surface area contributed by atoms with E-state index in [9.17, 15) is 19.1 Å². The Labute approximate surface area is 139 Å². The van der Waals surface area contributed by atoms with Gasteiger partial charge < -0.3 is 15.2 Å². The maximum Gasteiger partial charge on any atom is 0.325 e. The van der Waals surface area contributed by atoms with Crippen molar-refractivity contribution in [3.63, 3.8) is 0 Å². The number of imide groups is 1. The van der Waals surface area contributed by atoms with Crippen LogP contribution in [0.2, 0.25) is 0 Å². The van der Waals surface area contributed by atoms with Gasteiger partial charge >= 0.3 is 6.03 Å². The summed E-state index contributed by atoms with van der Waals surface area (Å²) in [6.45, 7) is 1.52. The molecule has 1 heterocycles. The van der Waals surface area contributed by atoms with Gasteiger partial charge in [0.25, 0.3) is 5.91 Å². The number of β-amino-alcohol motifs (C(OH)–C–C–N with tert-alkyl or cyclic N) is 1. The summed E-state index contributed by atoms with van der Waals surface area (Å²) >= 11 is 0. The molecule has 0 aromatic heterocycles. The molecule has 2 aliphatic rings. The van der Waals surface area contributed by atoms with Gasteiger partial charge in [-0.2, -0.15) is 0 Å². The molecule has 2 atom stereocenters. The van der Waals surface area contributed by atoms with Gasteiger partial charge in [0.1, 0.15) is 11.4 Å². The number of amides is 3. The molecule has 1 saturated heterocycles. The predicted octanol–water partition coefficient (Wildman–Crippen LogP) is 1.42. The van der Waals surface area contributed by atoms with Gasteiger partial charge in [-0.15, -0.1) is 0 Å². The molecule has 0 bridgehead atoms. The Morgan fingerprint density at radius 1 is 1.42 bits per heavy atom. The van der Waals surface area contributed by atoms with E-state index in [-0.39, 0.29) is 37.4 Å². The van der Waals surface area contributed by atoms with Crippen molar-refractivity contribution in [2.45, 2.75) is 38.0 Å². The van der Waals surface area contributed by atoms with Crippen molar-refractivity contribution in [1.82, 2.24) is 10.2 Å². The highest BCUT2D eigenvalue weighted by Crippen LogP contribution is 2.42. The van der Waals surface area contributed by atoms with Crippen molar-refractivity contribution in [3.8, 4) is 0 Å². The molecule has 0 radical (unpaired) electrons. The predicted molar refractivity (Wildman–Crippen MR) is 83.4 cm³/mol. The normalized spacial score (nSPS) is 25.0. The third-order valence-electron chi connectivity index (χ3n) is 4.61. The Kier molecular flexibility index (Phi) is 4.56. The molecule has 1 aromatic rings. The summed E-state index contributed by atoms with van der Waals surface area (Å²) in [4.78, 5) is 25.5. The van der Waals surface area contributed by atoms with Gasteiger partial charge in [0.15, 0.2) is 0 Å². The third kappa shape index (κ3) is 3.27. The lowest BCUT2D eigenvalue weighted by molar-refractivity contribution is -0.132. The van der Waals surface area contributed by atoms with Gasteiger partial charge in [0.05, 0.1) is 25.9 Å². The summed E-state index contributed by atoms with van der Waals surface area (Å²) in [5.74, 6) is -0.502. The Balaban J connectivity index is 1.50. The molecule has 2 fully saturated rings. The molecular formula is C17H21FN2O4. The summed E-state index contributed by atoms with van der Waals surface area (Å²) in [6.07, 6.45) is 0.822. The molecule has 7 heteroatoms. The number of carbonyl (C=O) groups is 2. The number of nitrogens with zero attached hydrogens (tertiary/aromatic N) is 1. The van der Waals surface area contributed by atoms with E-state index in [1.165, 1.54) is 6.07 Å². The number of aliphatic hydroxyl groups excluding tert-OH is 1. The zero-order valence-corrected chi connectivity index (χ0v) is 13.5. The number of hydrogen-bond acceptors (Lipinski definition) is 4. The number of rotatable bonds is 7. The van der Waals surface area contributed by atoms with E-state index < -0.39 is 17.7 Å². The zero-order valence-electron chi connectivity index (χ0n) is 13.5. The molecule has 1 aliphatic carbocycles. The smallest absolute Gasteiger partial charge is 0.325 e. The first-order chi connectivity index (χ1) is 11.4. The van der Waals surface area contributed by atoms with Crippen LogP contribution in [-0.2, 0) is 16.1 Å². The molecule has 0 unspecified atom stereocenters. The molecule has 0 spiro atoms. The molecule has 130 valence electrons. The van der Waals surface area contributed by atoms with Gasteiger partial charge in [-0.05, 0) is 31.7 Å². The minimum atomic E-state index is -1.02. The number of halogens is 1. The van der Waals surface area contributed by atoms with Crippen LogP contribution in [0, 0.1) is 11.7 Å². The van der Waals surface area contributed by atoms with Crippen LogP contribution in [0.5, 0.6) is 0 Å². The lowest BCUT2D eigenvalue weighted by Crippen LogP contribution is -2.46. The molecule has 3 amide bonds. The highest BCUT2D eigenvalue weighted by Gasteiger charge is 2.56. The summed E-state index contributed by atoms with van der Waals surface area (Å²) < 4.78 is 18.8. The van der Waals surface area contributed by atoms with Gasteiger partial charge in [-0.1, -0.05) is 18.2 Å². The van der Waals surface area contributed by atoms with Crippen molar-refractivity contribution in [2.24, 2.45) is 5.92 Å². The van der Waals surface area contributed by atoms with Crippen molar-refractivity contribution < 1.29 is 23.8 Å². The average molecular weight is 336 g/mol. The number of carbonyl (C=O) groups excluding carboxylic acids is 2. The van der Waals surface area contributed by atoms with Crippen molar-refractivity contribution in [3.05, 3.63) is 35.6 Å². The zero-order chi connectivity index (χ0) is 17.3. The van der Waals surface area contributed by atoms with Crippen molar-refractivity contribution in [1.29, 1.82) is 0 Å². The molecule has 24 heavy (non-hydrogen) atoms. The molecule has 3 rings (SSSR count). The summed E-state index contributed by atoms with van der Waals surface area (Å²) in [5, 5.41) is 12.7. The second-order valence-electron chi connectivity index (χ2n) is 6.58. The van der Waals surface area contributed by atoms with Crippen LogP contribution < -0.4 is 5.32 Å². The second-order valence-corrected chi connectivity index (χ2v) is 6.58. The Bertz CT molecular complexity index is 649. The Morgan fingerprint density at radius 2 is 2.12 bits per heavy atom. The fourth-order valence-electron chi connectivity index (χ4n) is 3.00. The second kappa shape index (κ2) is 6.49. The maximum atomic E-state index is 13.5. The topological polar surface area (TPSA) is 78.9 Å². The lowest BCUT2D eigenvalue weighted by Gasteiger charge is -2.22. The van der Waals surface area contributed by atoms with Crippen LogP contribution in [-0.4, -0.2) is 46.7 Å². The van der Waals surface area contributed by atoms with E-state index >= 15 is 0 Å². The summed E-state index contributed by atoms with van der Waals surface area (Å²) in [7, 11) is 0. The first kappa shape index (κ1) is 16.9. The largest absolute Gasteiger partial charge is 0.389 e. The molecule has 1 aromatic carbocycles. The summed E-state index contributed by atoms with van der Waals surface area (Å²) in [5.41, 5.74) is -0.467. The number of aliphatic hydroxyl groups is 1. The Hall–Kier alpha value is -1.99. The molecule has 2 N–H and O–H groups in total. The van der Waals surface area contributed by atoms with Gasteiger partial charge in [-0.25, -0.2) is 9.18 Å². The van der Waals surface area contributed by atoms with Crippen molar-refractivity contribution >= 4 is 11.9 Å². The minimum absolute atomic E-state index is 0.0175. The standard InChI is InChI=1S/C17H21FN2O4/c1-17(12-6-7-12)15(22)20(16(23)19-17)8-13(21)10-24-9-11-4-2-3-5-14(11)18/h2-5,12-13,21H,6-10H2,1H3,(H,19,23)/t13-,17-/m0/s1. The SMILES string of the molecule is C[C@@]1(C2CC2)NC(=O)N(C[C@H](O)COCc2ccccc2F)C1=O. The first-order valence-electron chi connectivity index (χ1n) is 8.05. The number of hydrogen-bond donors (Lipinski definition) is 2. The van der Waals surface area contributed by atoms with Crippen LogP contribution in [0.4, 0.5) is 9.18 Å². The molecular weight excluding hydrogens is 315 g/mol. The molecule has 6 nitrogen and oxygen atoms in total. The maximum absolute atomic E-state index is 13.5. The molecule has 1 saturated carbocycles. The highest BCUT2D eigenvalue weighted by atomic mass is 19.1. The Morgan fingerprint density at radius 3 is 2.79 bits per heavy atom. The minimum Gasteiger partial charge on any atom is -0.389 e. The molecule has 1 aliphatic heterocycles. The third-order valence-corrected chi connectivity index (χ3v) is 4.61. The van der Waals surface area contributed by atoms with E-state index in [4.69, 9.17) is 4.74 Å². The van der Waals surface area contributed by atoms with Crippen LogP contribution in [0.3, 0.4) is 0 Å². The quantitative estimate of drug-likeness (QED) is 0.738. The van der Waals surface area contributed by atoms with Crippen LogP contribution in [0.1, 0.15) is 25.3 Å². The van der Waals surface area contributed by atoms with Gasteiger partial charge in [-0.3, -0.25) is 9.69 Å². The summed E-state index contributed by atoms with van der Waals surface area (Å²) in [6, 6.07) is 5.73. The first-order valence-corrected chi connectivity index (χ1v) is 8.05. The van der Waals surface area contributed by atoms with E-state index in [0.29, 0.717) is 5.56 Å². The van der Waals surface area contributed by atoms with Crippen LogP contribution in [0.25, 0.3) is 0 Å². The fourth-order valence-corrected chi connectivity index (χ4v) is 3.00. The van der Waals surface area contributed by atoms with Crippen LogP contribution in [0.15, 0.2) is 24.3 Å². The number of nitrogens with one attached hydrogen (secondary N) is 1.